The van der Waals surface area contributed by atoms with Gasteiger partial charge in [0.2, 0.25) is 0 Å². The Bertz CT molecular complexity index is 640. The molecule has 1 aromatic heterocycles. The van der Waals surface area contributed by atoms with E-state index < -0.39 is 5.97 Å². The van der Waals surface area contributed by atoms with Crippen LogP contribution in [0.2, 0.25) is 5.15 Å². The average molecular weight is 308 g/mol. The summed E-state index contributed by atoms with van der Waals surface area (Å²) in [6.07, 6.45) is 1.68. The number of rotatable bonds is 6. The molecule has 1 aromatic carbocycles. The lowest BCUT2D eigenvalue weighted by atomic mass is 10.1. The number of nitrogens with zero attached hydrogens (tertiary/aromatic N) is 3. The van der Waals surface area contributed by atoms with Gasteiger partial charge in [-0.25, -0.2) is 4.98 Å². The number of carboxylic acids is 1. The van der Waals surface area contributed by atoms with Crippen molar-refractivity contribution < 1.29 is 9.90 Å². The lowest BCUT2D eigenvalue weighted by molar-refractivity contribution is -0.136. The Morgan fingerprint density at radius 2 is 2.14 bits per heavy atom. The van der Waals surface area contributed by atoms with Gasteiger partial charge in [-0.1, -0.05) is 29.8 Å². The van der Waals surface area contributed by atoms with Gasteiger partial charge in [-0.2, -0.15) is 0 Å². The summed E-state index contributed by atoms with van der Waals surface area (Å²) in [5.41, 5.74) is 2.11. The maximum atomic E-state index is 10.9. The van der Waals surface area contributed by atoms with E-state index in [1.807, 2.05) is 43.1 Å². The molecule has 0 radical (unpaired) electrons. The zero-order valence-corrected chi connectivity index (χ0v) is 12.8. The highest BCUT2D eigenvalue weighted by Crippen LogP contribution is 2.22. The number of benzene rings is 1. The molecular weight excluding hydrogens is 290 g/mol. The summed E-state index contributed by atoms with van der Waals surface area (Å²) in [6, 6.07) is 7.91. The number of hydrogen-bond acceptors (Lipinski definition) is 3. The first kappa shape index (κ1) is 15.4. The Balaban J connectivity index is 2.26. The predicted octanol–water partition coefficient (Wildman–Crippen LogP) is 2.86. The van der Waals surface area contributed by atoms with E-state index in [9.17, 15) is 4.79 Å². The number of anilines is 1. The van der Waals surface area contributed by atoms with Crippen LogP contribution in [0.25, 0.3) is 0 Å². The third kappa shape index (κ3) is 3.76. The Kier molecular flexibility index (Phi) is 4.85. The lowest BCUT2D eigenvalue weighted by Gasteiger charge is -2.25. The molecule has 21 heavy (non-hydrogen) atoms. The largest absolute Gasteiger partial charge is 0.481 e. The third-order valence-electron chi connectivity index (χ3n) is 3.41. The number of halogens is 1. The summed E-state index contributed by atoms with van der Waals surface area (Å²) in [6.45, 7) is 2.94. The molecule has 0 unspecified atom stereocenters. The summed E-state index contributed by atoms with van der Waals surface area (Å²) in [7, 11) is 1.85. The van der Waals surface area contributed by atoms with Gasteiger partial charge in [-0.3, -0.25) is 4.79 Å². The number of carboxylic acid groups (broad SMARTS) is 1. The SMILES string of the molecule is Cc1ccccc1N(CCC(=O)O)Cc1ncc(Cl)n1C. The number of carbonyl (C=O) groups is 1. The Morgan fingerprint density at radius 3 is 2.71 bits per heavy atom. The standard InChI is InChI=1S/C15H18ClN3O2/c1-11-5-3-4-6-12(11)19(8-7-15(20)21)10-14-17-9-13(16)18(14)2/h3-6,9H,7-8,10H2,1-2H3,(H,20,21). The lowest BCUT2D eigenvalue weighted by Crippen LogP contribution is -2.27. The highest BCUT2D eigenvalue weighted by atomic mass is 35.5. The first-order valence-corrected chi connectivity index (χ1v) is 7.05. The zero-order valence-electron chi connectivity index (χ0n) is 12.1. The number of para-hydroxylation sites is 1. The summed E-state index contributed by atoms with van der Waals surface area (Å²) in [5.74, 6) is -0.0138. The van der Waals surface area contributed by atoms with Crippen molar-refractivity contribution in [3.63, 3.8) is 0 Å². The molecule has 0 spiro atoms. The van der Waals surface area contributed by atoms with Crippen LogP contribution in [0.1, 0.15) is 17.8 Å². The van der Waals surface area contributed by atoms with Gasteiger partial charge in [0.25, 0.3) is 0 Å². The van der Waals surface area contributed by atoms with Crippen molar-refractivity contribution in [2.75, 3.05) is 11.4 Å². The van der Waals surface area contributed by atoms with E-state index >= 15 is 0 Å². The quantitative estimate of drug-likeness (QED) is 0.891. The third-order valence-corrected chi connectivity index (χ3v) is 3.76. The molecule has 0 fully saturated rings. The van der Waals surface area contributed by atoms with Crippen molar-refractivity contribution in [1.82, 2.24) is 9.55 Å². The van der Waals surface area contributed by atoms with E-state index in [0.29, 0.717) is 18.2 Å². The summed E-state index contributed by atoms with van der Waals surface area (Å²) >= 11 is 6.01. The Morgan fingerprint density at radius 1 is 1.43 bits per heavy atom. The van der Waals surface area contributed by atoms with Crippen LogP contribution in [0.5, 0.6) is 0 Å². The molecule has 1 N–H and O–H groups in total. The molecule has 0 aliphatic carbocycles. The molecule has 6 heteroatoms. The maximum absolute atomic E-state index is 10.9. The number of hydrogen-bond donors (Lipinski definition) is 1. The summed E-state index contributed by atoms with van der Waals surface area (Å²) in [4.78, 5) is 17.2. The molecular formula is C15H18ClN3O2. The van der Waals surface area contributed by atoms with Crippen LogP contribution >= 0.6 is 11.6 Å². The van der Waals surface area contributed by atoms with Crippen LogP contribution < -0.4 is 4.90 Å². The van der Waals surface area contributed by atoms with E-state index in [2.05, 4.69) is 4.98 Å². The van der Waals surface area contributed by atoms with Gasteiger partial charge in [-0.15, -0.1) is 0 Å². The van der Waals surface area contributed by atoms with E-state index in [4.69, 9.17) is 16.7 Å². The fraction of sp³-hybridized carbons (Fsp3) is 0.333. The molecule has 112 valence electrons. The first-order valence-electron chi connectivity index (χ1n) is 6.67. The molecule has 2 rings (SSSR count). The first-order chi connectivity index (χ1) is 9.99. The molecule has 0 aliphatic heterocycles. The highest BCUT2D eigenvalue weighted by molar-refractivity contribution is 6.29. The predicted molar refractivity (Wildman–Crippen MR) is 82.7 cm³/mol. The van der Waals surface area contributed by atoms with E-state index in [1.165, 1.54) is 0 Å². The fourth-order valence-corrected chi connectivity index (χ4v) is 2.32. The average Bonchev–Trinajstić information content (AvgIpc) is 2.76. The normalized spacial score (nSPS) is 10.6. The van der Waals surface area contributed by atoms with Crippen LogP contribution in [-0.4, -0.2) is 27.2 Å². The minimum atomic E-state index is -0.813. The fourth-order valence-electron chi connectivity index (χ4n) is 2.18. The van der Waals surface area contributed by atoms with E-state index in [-0.39, 0.29) is 6.42 Å². The van der Waals surface area contributed by atoms with Crippen LogP contribution in [0, 0.1) is 6.92 Å². The van der Waals surface area contributed by atoms with Crippen LogP contribution in [0.15, 0.2) is 30.5 Å². The molecule has 1 heterocycles. The minimum absolute atomic E-state index is 0.0759. The van der Waals surface area contributed by atoms with Crippen molar-refractivity contribution in [3.05, 3.63) is 47.0 Å². The molecule has 0 amide bonds. The summed E-state index contributed by atoms with van der Waals surface area (Å²) < 4.78 is 1.80. The zero-order chi connectivity index (χ0) is 15.4. The van der Waals surface area contributed by atoms with Crippen molar-refractivity contribution in [3.8, 4) is 0 Å². The second kappa shape index (κ2) is 6.63. The molecule has 2 aromatic rings. The smallest absolute Gasteiger partial charge is 0.305 e. The van der Waals surface area contributed by atoms with Crippen molar-refractivity contribution in [2.24, 2.45) is 7.05 Å². The molecule has 0 saturated heterocycles. The van der Waals surface area contributed by atoms with Crippen molar-refractivity contribution >= 4 is 23.3 Å². The molecule has 5 nitrogen and oxygen atoms in total. The van der Waals surface area contributed by atoms with Gasteiger partial charge < -0.3 is 14.6 Å². The number of imidazole rings is 1. The van der Waals surface area contributed by atoms with Gasteiger partial charge in [0, 0.05) is 19.3 Å². The van der Waals surface area contributed by atoms with Gasteiger partial charge in [0.05, 0.1) is 19.2 Å². The molecule has 0 bridgehead atoms. The van der Waals surface area contributed by atoms with Gasteiger partial charge in [-0.05, 0) is 18.6 Å². The molecule has 0 aliphatic rings. The van der Waals surface area contributed by atoms with E-state index in [1.54, 1.807) is 10.8 Å². The van der Waals surface area contributed by atoms with Gasteiger partial charge >= 0.3 is 5.97 Å². The Labute approximate surface area is 128 Å². The second-order valence-electron chi connectivity index (χ2n) is 4.91. The number of aliphatic carboxylic acids is 1. The van der Waals surface area contributed by atoms with Crippen molar-refractivity contribution in [2.45, 2.75) is 19.9 Å². The number of aromatic nitrogens is 2. The minimum Gasteiger partial charge on any atom is -0.481 e. The molecule has 0 atom stereocenters. The second-order valence-corrected chi connectivity index (χ2v) is 5.30. The van der Waals surface area contributed by atoms with Crippen LogP contribution in [-0.2, 0) is 18.4 Å². The summed E-state index contributed by atoms with van der Waals surface area (Å²) in [5, 5.41) is 9.50. The Hall–Kier alpha value is -2.01. The molecule has 0 saturated carbocycles. The van der Waals surface area contributed by atoms with Crippen LogP contribution in [0.4, 0.5) is 5.69 Å². The van der Waals surface area contributed by atoms with Gasteiger partial charge in [0.15, 0.2) is 0 Å². The highest BCUT2D eigenvalue weighted by Gasteiger charge is 2.14. The number of aryl methyl sites for hydroxylation is 1. The maximum Gasteiger partial charge on any atom is 0.305 e. The van der Waals surface area contributed by atoms with Crippen molar-refractivity contribution in [1.29, 1.82) is 0 Å². The van der Waals surface area contributed by atoms with Gasteiger partial charge in [0.1, 0.15) is 11.0 Å². The van der Waals surface area contributed by atoms with E-state index in [0.717, 1.165) is 17.1 Å². The topological polar surface area (TPSA) is 58.4 Å². The van der Waals surface area contributed by atoms with Crippen LogP contribution in [0.3, 0.4) is 0 Å². The monoisotopic (exact) mass is 307 g/mol.